The molecule has 1 aliphatic rings. The summed E-state index contributed by atoms with van der Waals surface area (Å²) in [5.74, 6) is 0. The molecule has 0 saturated heterocycles. The lowest BCUT2D eigenvalue weighted by Crippen LogP contribution is -2.45. The van der Waals surface area contributed by atoms with Gasteiger partial charge >= 0.3 is 0 Å². The molecule has 1 N–H and O–H groups in total. The molecule has 0 bridgehead atoms. The van der Waals surface area contributed by atoms with Crippen LogP contribution in [0.3, 0.4) is 0 Å². The third-order valence-corrected chi connectivity index (χ3v) is 3.18. The van der Waals surface area contributed by atoms with Crippen molar-refractivity contribution in [3.05, 3.63) is 41.5 Å². The average molecular weight is 215 g/mol. The van der Waals surface area contributed by atoms with Crippen LogP contribution >= 0.6 is 0 Å². The van der Waals surface area contributed by atoms with Crippen molar-refractivity contribution in [2.45, 2.75) is 45.7 Å². The summed E-state index contributed by atoms with van der Waals surface area (Å²) >= 11 is 0. The molecule has 1 heteroatoms. The Morgan fingerprint density at radius 1 is 0.938 bits per heavy atom. The molecule has 0 unspecified atom stereocenters. The van der Waals surface area contributed by atoms with Crippen LogP contribution in [0.2, 0.25) is 0 Å². The molecule has 1 aromatic rings. The lowest BCUT2D eigenvalue weighted by molar-refractivity contribution is 0.403. The van der Waals surface area contributed by atoms with Gasteiger partial charge in [-0.1, -0.05) is 35.9 Å². The smallest absolute Gasteiger partial charge is 0.0388 e. The van der Waals surface area contributed by atoms with Crippen molar-refractivity contribution in [2.75, 3.05) is 0 Å². The van der Waals surface area contributed by atoms with Gasteiger partial charge in [-0.25, -0.2) is 0 Å². The maximum absolute atomic E-state index is 3.64. The third-order valence-electron chi connectivity index (χ3n) is 3.18. The molecule has 0 aromatic heterocycles. The molecule has 0 aliphatic carbocycles. The number of aryl methyl sites for hydroxylation is 1. The largest absolute Gasteiger partial charge is 0.299 e. The van der Waals surface area contributed by atoms with Crippen LogP contribution in [0.1, 0.15) is 38.8 Å². The molecule has 0 radical (unpaired) electrons. The van der Waals surface area contributed by atoms with Gasteiger partial charge in [-0.05, 0) is 45.8 Å². The minimum atomic E-state index is 0.0543. The maximum Gasteiger partial charge on any atom is 0.0388 e. The molecule has 0 atom stereocenters. The van der Waals surface area contributed by atoms with Crippen molar-refractivity contribution in [3.8, 4) is 0 Å². The van der Waals surface area contributed by atoms with Crippen LogP contribution in [-0.4, -0.2) is 11.1 Å². The van der Waals surface area contributed by atoms with E-state index >= 15 is 0 Å². The van der Waals surface area contributed by atoms with E-state index in [1.807, 2.05) is 0 Å². The topological polar surface area (TPSA) is 12.0 Å². The van der Waals surface area contributed by atoms with Crippen molar-refractivity contribution in [3.63, 3.8) is 0 Å². The normalized spacial score (nSPS) is 21.9. The predicted octanol–water partition coefficient (Wildman–Crippen LogP) is 3.54. The first-order chi connectivity index (χ1) is 7.30. The van der Waals surface area contributed by atoms with Crippen molar-refractivity contribution < 1.29 is 0 Å². The summed E-state index contributed by atoms with van der Waals surface area (Å²) in [6.45, 7) is 11.0. The second-order valence-corrected chi connectivity index (χ2v) is 5.90. The van der Waals surface area contributed by atoms with E-state index in [1.165, 1.54) is 16.7 Å². The highest BCUT2D eigenvalue weighted by molar-refractivity contribution is 5.76. The summed E-state index contributed by atoms with van der Waals surface area (Å²) in [6, 6.07) is 8.78. The van der Waals surface area contributed by atoms with Gasteiger partial charge < -0.3 is 0 Å². The Morgan fingerprint density at radius 2 is 1.50 bits per heavy atom. The molecule has 0 saturated carbocycles. The van der Waals surface area contributed by atoms with Crippen LogP contribution in [0.15, 0.2) is 30.3 Å². The fourth-order valence-corrected chi connectivity index (χ4v) is 2.63. The van der Waals surface area contributed by atoms with E-state index < -0.39 is 0 Å². The zero-order valence-electron chi connectivity index (χ0n) is 10.9. The lowest BCUT2D eigenvalue weighted by Gasteiger charge is -2.28. The number of hydrogen-bond acceptors (Lipinski definition) is 1. The first-order valence-corrected chi connectivity index (χ1v) is 5.90. The van der Waals surface area contributed by atoms with E-state index in [-0.39, 0.29) is 11.1 Å². The van der Waals surface area contributed by atoms with Crippen LogP contribution in [0.4, 0.5) is 0 Å². The minimum absolute atomic E-state index is 0.0543. The van der Waals surface area contributed by atoms with Gasteiger partial charge in [0.2, 0.25) is 0 Å². The molecule has 0 fully saturated rings. The van der Waals surface area contributed by atoms with Crippen LogP contribution in [0.25, 0.3) is 5.57 Å². The Kier molecular flexibility index (Phi) is 2.47. The molecular weight excluding hydrogens is 194 g/mol. The zero-order valence-corrected chi connectivity index (χ0v) is 10.9. The number of rotatable bonds is 1. The number of hydrogen-bond donors (Lipinski definition) is 1. The van der Waals surface area contributed by atoms with Gasteiger partial charge in [0, 0.05) is 11.1 Å². The van der Waals surface area contributed by atoms with E-state index in [9.17, 15) is 0 Å². The molecule has 16 heavy (non-hydrogen) atoms. The summed E-state index contributed by atoms with van der Waals surface area (Å²) in [4.78, 5) is 0. The van der Waals surface area contributed by atoms with E-state index in [0.717, 1.165) is 0 Å². The third kappa shape index (κ3) is 2.05. The van der Waals surface area contributed by atoms with Gasteiger partial charge in [0.1, 0.15) is 0 Å². The molecule has 0 amide bonds. The highest BCUT2D eigenvalue weighted by Crippen LogP contribution is 2.36. The van der Waals surface area contributed by atoms with Gasteiger partial charge in [-0.2, -0.15) is 0 Å². The Hall–Kier alpha value is -1.08. The molecule has 1 aromatic carbocycles. The van der Waals surface area contributed by atoms with E-state index in [1.54, 1.807) is 0 Å². The zero-order chi connectivity index (χ0) is 12.0. The molecule has 1 aliphatic heterocycles. The quantitative estimate of drug-likeness (QED) is 0.755. The Balaban J connectivity index is 2.44. The Bertz CT molecular complexity index is 421. The molecule has 1 nitrogen and oxygen atoms in total. The fourth-order valence-electron chi connectivity index (χ4n) is 2.63. The summed E-state index contributed by atoms with van der Waals surface area (Å²) in [6.07, 6.45) is 2.34. The van der Waals surface area contributed by atoms with E-state index in [2.05, 4.69) is 70.3 Å². The fraction of sp³-hybridized carbons (Fsp3) is 0.467. The van der Waals surface area contributed by atoms with Gasteiger partial charge in [0.25, 0.3) is 0 Å². The monoisotopic (exact) mass is 215 g/mol. The molecule has 0 spiro atoms. The highest BCUT2D eigenvalue weighted by Gasteiger charge is 2.37. The van der Waals surface area contributed by atoms with Gasteiger partial charge in [0.05, 0.1) is 0 Å². The second kappa shape index (κ2) is 3.46. The van der Waals surface area contributed by atoms with Gasteiger partial charge in [-0.3, -0.25) is 5.32 Å². The van der Waals surface area contributed by atoms with Crippen LogP contribution in [0.5, 0.6) is 0 Å². The van der Waals surface area contributed by atoms with Crippen molar-refractivity contribution in [1.82, 2.24) is 5.32 Å². The summed E-state index contributed by atoms with van der Waals surface area (Å²) in [7, 11) is 0. The standard InChI is InChI=1S/C15H21N/c1-11-6-8-12(9-7-11)13-10-14(2,3)16-15(13,4)5/h6-10,16H,1-5H3. The summed E-state index contributed by atoms with van der Waals surface area (Å²) in [5.41, 5.74) is 4.18. The SMILES string of the molecule is Cc1ccc(C2=CC(C)(C)NC2(C)C)cc1. The highest BCUT2D eigenvalue weighted by atomic mass is 15.1. The number of nitrogens with one attached hydrogen (secondary N) is 1. The molecule has 2 rings (SSSR count). The Labute approximate surface area is 98.6 Å². The first kappa shape index (κ1) is 11.4. The van der Waals surface area contributed by atoms with Crippen LogP contribution < -0.4 is 5.32 Å². The minimum Gasteiger partial charge on any atom is -0.299 e. The Morgan fingerprint density at radius 3 is 1.94 bits per heavy atom. The molecular formula is C15H21N. The van der Waals surface area contributed by atoms with Crippen molar-refractivity contribution in [1.29, 1.82) is 0 Å². The molecule has 1 heterocycles. The summed E-state index contributed by atoms with van der Waals surface area (Å²) < 4.78 is 0. The van der Waals surface area contributed by atoms with Gasteiger partial charge in [-0.15, -0.1) is 0 Å². The van der Waals surface area contributed by atoms with Gasteiger partial charge in [0.15, 0.2) is 0 Å². The van der Waals surface area contributed by atoms with E-state index in [0.29, 0.717) is 0 Å². The molecule has 86 valence electrons. The van der Waals surface area contributed by atoms with Crippen molar-refractivity contribution in [2.24, 2.45) is 0 Å². The van der Waals surface area contributed by atoms with E-state index in [4.69, 9.17) is 0 Å². The second-order valence-electron chi connectivity index (χ2n) is 5.90. The maximum atomic E-state index is 3.64. The van der Waals surface area contributed by atoms with Crippen LogP contribution in [0, 0.1) is 6.92 Å². The first-order valence-electron chi connectivity index (χ1n) is 5.90. The predicted molar refractivity (Wildman–Crippen MR) is 70.4 cm³/mol. The lowest BCUT2D eigenvalue weighted by atomic mass is 9.90. The van der Waals surface area contributed by atoms with Crippen molar-refractivity contribution >= 4 is 5.57 Å². The number of benzene rings is 1. The van der Waals surface area contributed by atoms with Crippen LogP contribution in [-0.2, 0) is 0 Å². The summed E-state index contributed by atoms with van der Waals surface area (Å²) in [5, 5.41) is 3.64. The average Bonchev–Trinajstić information content (AvgIpc) is 2.35.